The van der Waals surface area contributed by atoms with Crippen LogP contribution in [0.15, 0.2) is 36.5 Å². The van der Waals surface area contributed by atoms with Crippen LogP contribution in [0.3, 0.4) is 0 Å². The molecule has 0 aliphatic carbocycles. The van der Waals surface area contributed by atoms with E-state index < -0.39 is 25.9 Å². The number of ketones is 1. The Bertz CT molecular complexity index is 1180. The molecule has 1 aromatic carbocycles. The molecular formula is C18H20ClFN4O5S2. The van der Waals surface area contributed by atoms with E-state index in [2.05, 4.69) is 4.98 Å². The molecule has 1 fully saturated rings. The van der Waals surface area contributed by atoms with Crippen LogP contribution in [-0.2, 0) is 26.6 Å². The minimum atomic E-state index is -4.19. The van der Waals surface area contributed by atoms with Crippen molar-refractivity contribution in [1.29, 1.82) is 0 Å². The Kier molecular flexibility index (Phi) is 6.96. The van der Waals surface area contributed by atoms with E-state index in [0.717, 1.165) is 14.7 Å². The summed E-state index contributed by atoms with van der Waals surface area (Å²) in [6, 6.07) is 6.43. The zero-order valence-electron chi connectivity index (χ0n) is 16.2. The van der Waals surface area contributed by atoms with Crippen molar-refractivity contribution in [3.63, 3.8) is 0 Å². The molecule has 0 atom stereocenters. The van der Waals surface area contributed by atoms with Gasteiger partial charge in [0.2, 0.25) is 0 Å². The molecule has 0 saturated carbocycles. The number of nitrogens with two attached hydrogens (primary N) is 1. The van der Waals surface area contributed by atoms with Crippen molar-refractivity contribution >= 4 is 43.1 Å². The average molecular weight is 491 g/mol. The van der Waals surface area contributed by atoms with Crippen LogP contribution in [0.2, 0.25) is 5.02 Å². The summed E-state index contributed by atoms with van der Waals surface area (Å²) in [4.78, 5) is 15.8. The SMILES string of the molecule is NCC(=O)c1ccc(CN(c2ccc(F)c(Cl)c2)S(=O)(=O)N2CCS(=O)(=O)CC2)nc1. The number of nitrogens with zero attached hydrogens (tertiary/aromatic N) is 3. The number of rotatable bonds is 7. The maximum atomic E-state index is 13.6. The van der Waals surface area contributed by atoms with Crippen LogP contribution >= 0.6 is 11.6 Å². The second kappa shape index (κ2) is 9.17. The van der Waals surface area contributed by atoms with E-state index in [4.69, 9.17) is 17.3 Å². The van der Waals surface area contributed by atoms with Crippen molar-refractivity contribution < 1.29 is 26.0 Å². The summed E-state index contributed by atoms with van der Waals surface area (Å²) >= 11 is 5.85. The molecule has 3 rings (SSSR count). The van der Waals surface area contributed by atoms with Gasteiger partial charge in [-0.3, -0.25) is 14.1 Å². The highest BCUT2D eigenvalue weighted by atomic mass is 35.5. The topological polar surface area (TPSA) is 131 Å². The van der Waals surface area contributed by atoms with Crippen LogP contribution in [0.5, 0.6) is 0 Å². The van der Waals surface area contributed by atoms with Crippen molar-refractivity contribution in [2.75, 3.05) is 35.4 Å². The average Bonchev–Trinajstić information content (AvgIpc) is 2.73. The molecule has 1 saturated heterocycles. The number of carbonyl (C=O) groups excluding carboxylic acids is 1. The standard InChI is InChI=1S/C18H20ClFN4O5S2/c19-16-9-15(3-4-17(16)20)24(12-14-2-1-13(11-22-14)18(25)10-21)31(28,29)23-5-7-30(26,27)8-6-23/h1-4,9,11H,5-8,10,12,21H2. The largest absolute Gasteiger partial charge is 0.324 e. The summed E-state index contributed by atoms with van der Waals surface area (Å²) < 4.78 is 65.8. The number of benzene rings is 1. The molecule has 2 heterocycles. The van der Waals surface area contributed by atoms with Gasteiger partial charge >= 0.3 is 10.2 Å². The van der Waals surface area contributed by atoms with Gasteiger partial charge in [0.05, 0.1) is 41.0 Å². The summed E-state index contributed by atoms with van der Waals surface area (Å²) in [5.41, 5.74) is 6.01. The van der Waals surface area contributed by atoms with Crippen molar-refractivity contribution in [2.45, 2.75) is 6.54 Å². The van der Waals surface area contributed by atoms with E-state index in [0.29, 0.717) is 5.69 Å². The van der Waals surface area contributed by atoms with Crippen molar-refractivity contribution in [3.8, 4) is 0 Å². The molecule has 0 bridgehead atoms. The number of aromatic nitrogens is 1. The third-order valence-electron chi connectivity index (χ3n) is 4.74. The molecular weight excluding hydrogens is 471 g/mol. The number of anilines is 1. The molecule has 9 nitrogen and oxygen atoms in total. The predicted octanol–water partition coefficient (Wildman–Crippen LogP) is 0.997. The zero-order valence-corrected chi connectivity index (χ0v) is 18.6. The van der Waals surface area contributed by atoms with E-state index in [1.165, 1.54) is 30.5 Å². The van der Waals surface area contributed by atoms with Crippen molar-refractivity contribution in [1.82, 2.24) is 9.29 Å². The first-order valence-electron chi connectivity index (χ1n) is 9.15. The maximum Gasteiger partial charge on any atom is 0.304 e. The Balaban J connectivity index is 1.96. The second-order valence-electron chi connectivity index (χ2n) is 6.83. The first-order chi connectivity index (χ1) is 14.5. The van der Waals surface area contributed by atoms with Gasteiger partial charge in [0.25, 0.3) is 0 Å². The normalized spacial score (nSPS) is 16.7. The van der Waals surface area contributed by atoms with Gasteiger partial charge in [-0.2, -0.15) is 12.7 Å². The fourth-order valence-corrected chi connectivity index (χ4v) is 6.17. The molecule has 1 aromatic heterocycles. The third kappa shape index (κ3) is 5.39. The van der Waals surface area contributed by atoms with Crippen molar-refractivity contribution in [3.05, 3.63) is 58.6 Å². The predicted molar refractivity (Wildman–Crippen MR) is 114 cm³/mol. The van der Waals surface area contributed by atoms with E-state index >= 15 is 0 Å². The van der Waals surface area contributed by atoms with Gasteiger partial charge in [-0.15, -0.1) is 0 Å². The summed E-state index contributed by atoms with van der Waals surface area (Å²) in [6.45, 7) is -0.834. The quantitative estimate of drug-likeness (QED) is 0.573. The fraction of sp³-hybridized carbons (Fsp3) is 0.333. The van der Waals surface area contributed by atoms with Crippen LogP contribution in [-0.4, -0.2) is 63.0 Å². The zero-order chi connectivity index (χ0) is 22.8. The number of halogens is 2. The lowest BCUT2D eigenvalue weighted by molar-refractivity contribution is 0.100. The van der Waals surface area contributed by atoms with Gasteiger partial charge in [0.1, 0.15) is 5.82 Å². The first-order valence-corrected chi connectivity index (χ1v) is 12.7. The molecule has 1 aliphatic rings. The summed E-state index contributed by atoms with van der Waals surface area (Å²) in [5.74, 6) is -1.62. The molecule has 168 valence electrons. The lowest BCUT2D eigenvalue weighted by Gasteiger charge is -2.33. The Hall–Kier alpha value is -2.12. The Morgan fingerprint density at radius 2 is 1.90 bits per heavy atom. The van der Waals surface area contributed by atoms with E-state index in [9.17, 15) is 26.0 Å². The lowest BCUT2D eigenvalue weighted by atomic mass is 10.2. The van der Waals surface area contributed by atoms with Gasteiger partial charge in [-0.25, -0.2) is 12.8 Å². The highest BCUT2D eigenvalue weighted by Gasteiger charge is 2.35. The molecule has 1 aliphatic heterocycles. The van der Waals surface area contributed by atoms with Gasteiger partial charge in [-0.1, -0.05) is 11.6 Å². The maximum absolute atomic E-state index is 13.6. The van der Waals surface area contributed by atoms with Crippen LogP contribution in [0, 0.1) is 5.82 Å². The smallest absolute Gasteiger partial charge is 0.304 e. The molecule has 2 aromatic rings. The third-order valence-corrected chi connectivity index (χ3v) is 8.55. The Morgan fingerprint density at radius 1 is 1.23 bits per heavy atom. The number of hydrogen-bond donors (Lipinski definition) is 1. The highest BCUT2D eigenvalue weighted by molar-refractivity contribution is 7.92. The van der Waals surface area contributed by atoms with Crippen LogP contribution < -0.4 is 10.0 Å². The van der Waals surface area contributed by atoms with E-state index in [-0.39, 0.29) is 59.7 Å². The van der Waals surface area contributed by atoms with Crippen LogP contribution in [0.4, 0.5) is 10.1 Å². The number of pyridine rings is 1. The number of hydrogen-bond acceptors (Lipinski definition) is 7. The first kappa shape index (κ1) is 23.5. The van der Waals surface area contributed by atoms with Crippen LogP contribution in [0.1, 0.15) is 16.1 Å². The monoisotopic (exact) mass is 490 g/mol. The van der Waals surface area contributed by atoms with E-state index in [1.54, 1.807) is 0 Å². The van der Waals surface area contributed by atoms with E-state index in [1.807, 2.05) is 0 Å². The van der Waals surface area contributed by atoms with Gasteiger partial charge in [0.15, 0.2) is 15.6 Å². The van der Waals surface area contributed by atoms with Crippen molar-refractivity contribution in [2.24, 2.45) is 5.73 Å². The second-order valence-corrected chi connectivity index (χ2v) is 11.4. The fourth-order valence-electron chi connectivity index (χ4n) is 2.96. The molecule has 0 amide bonds. The van der Waals surface area contributed by atoms with Gasteiger partial charge in [0, 0.05) is 24.8 Å². The molecule has 0 unspecified atom stereocenters. The Morgan fingerprint density at radius 3 is 2.45 bits per heavy atom. The minimum Gasteiger partial charge on any atom is -0.324 e. The summed E-state index contributed by atoms with van der Waals surface area (Å²) in [5, 5.41) is -0.268. The van der Waals surface area contributed by atoms with Gasteiger partial charge in [-0.05, 0) is 30.3 Å². The summed E-state index contributed by atoms with van der Waals surface area (Å²) in [7, 11) is -7.49. The molecule has 31 heavy (non-hydrogen) atoms. The van der Waals surface area contributed by atoms with Crippen LogP contribution in [0.25, 0.3) is 0 Å². The lowest BCUT2D eigenvalue weighted by Crippen LogP contribution is -2.50. The molecule has 2 N–H and O–H groups in total. The number of Topliss-reactive ketones (excluding diaryl/α,β-unsaturated/α-hetero) is 1. The Labute approximate surface area is 184 Å². The number of carbonyl (C=O) groups is 1. The molecule has 0 radical (unpaired) electrons. The summed E-state index contributed by atoms with van der Waals surface area (Å²) in [6.07, 6.45) is 1.29. The molecule has 13 heteroatoms. The highest BCUT2D eigenvalue weighted by Crippen LogP contribution is 2.28. The van der Waals surface area contributed by atoms with Gasteiger partial charge < -0.3 is 5.73 Å². The molecule has 0 spiro atoms. The minimum absolute atomic E-state index is 0.0868. The number of sulfone groups is 1.